The Hall–Kier alpha value is -2.81. The normalized spacial score (nSPS) is 15.5. The van der Waals surface area contributed by atoms with Crippen LogP contribution in [0.4, 0.5) is 10.8 Å². The third kappa shape index (κ3) is 5.31. The van der Waals surface area contributed by atoms with Gasteiger partial charge in [0.25, 0.3) is 11.8 Å². The minimum atomic E-state index is -0.414. The van der Waals surface area contributed by atoms with Crippen molar-refractivity contribution in [3.8, 4) is 11.5 Å². The van der Waals surface area contributed by atoms with Crippen molar-refractivity contribution in [2.24, 2.45) is 5.92 Å². The van der Waals surface area contributed by atoms with E-state index in [-0.39, 0.29) is 16.5 Å². The van der Waals surface area contributed by atoms with Crippen LogP contribution in [0.3, 0.4) is 0 Å². The highest BCUT2D eigenvalue weighted by molar-refractivity contribution is 7.16. The number of aryl methyl sites for hydroxylation is 1. The molecule has 2 amide bonds. The zero-order valence-electron chi connectivity index (χ0n) is 20.5. The fourth-order valence-electron chi connectivity index (χ4n) is 4.26. The lowest BCUT2D eigenvalue weighted by molar-refractivity contribution is 0.0677. The molecule has 0 aliphatic carbocycles. The molecule has 4 rings (SSSR count). The highest BCUT2D eigenvalue weighted by Crippen LogP contribution is 2.39. The first-order chi connectivity index (χ1) is 17.2. The summed E-state index contributed by atoms with van der Waals surface area (Å²) in [5.41, 5.74) is 1.09. The molecule has 0 spiro atoms. The SMILES string of the molecule is COc1ccc(N(C(=O)c2ccc(Cl)cc2Cl)c2nc(C(=O)N3CCCC(C)C3)c(C)s2)cc1OC. The topological polar surface area (TPSA) is 72.0 Å². The second-order valence-electron chi connectivity index (χ2n) is 8.70. The van der Waals surface area contributed by atoms with Gasteiger partial charge in [0.2, 0.25) is 0 Å². The van der Waals surface area contributed by atoms with E-state index < -0.39 is 5.91 Å². The van der Waals surface area contributed by atoms with E-state index in [9.17, 15) is 9.59 Å². The first-order valence-electron chi connectivity index (χ1n) is 11.5. The number of amides is 2. The number of methoxy groups -OCH3 is 2. The molecule has 1 unspecified atom stereocenters. The van der Waals surface area contributed by atoms with Crippen LogP contribution in [0.15, 0.2) is 36.4 Å². The Morgan fingerprint density at radius 2 is 1.86 bits per heavy atom. The van der Waals surface area contributed by atoms with Crippen molar-refractivity contribution >= 4 is 57.2 Å². The van der Waals surface area contributed by atoms with Gasteiger partial charge >= 0.3 is 0 Å². The smallest absolute Gasteiger partial charge is 0.273 e. The molecule has 0 bridgehead atoms. The monoisotopic (exact) mass is 547 g/mol. The number of halogens is 2. The third-order valence-corrected chi connectivity index (χ3v) is 7.62. The highest BCUT2D eigenvalue weighted by Gasteiger charge is 2.30. The maximum Gasteiger partial charge on any atom is 0.273 e. The number of aromatic nitrogens is 1. The third-order valence-electron chi connectivity index (χ3n) is 6.11. The molecular weight excluding hydrogens is 521 g/mol. The molecule has 0 saturated carbocycles. The van der Waals surface area contributed by atoms with Crippen molar-refractivity contribution in [2.45, 2.75) is 26.7 Å². The maximum atomic E-state index is 13.9. The first-order valence-corrected chi connectivity index (χ1v) is 13.1. The molecule has 0 radical (unpaired) electrons. The molecule has 0 N–H and O–H groups in total. The number of hydrogen-bond donors (Lipinski definition) is 0. The molecule has 1 fully saturated rings. The van der Waals surface area contributed by atoms with Gasteiger partial charge in [0.1, 0.15) is 5.69 Å². The second-order valence-corrected chi connectivity index (χ2v) is 10.7. The van der Waals surface area contributed by atoms with E-state index in [1.165, 1.54) is 36.5 Å². The second kappa shape index (κ2) is 11.1. The fourth-order valence-corrected chi connectivity index (χ4v) is 5.67. The van der Waals surface area contributed by atoms with Crippen LogP contribution in [0.1, 0.15) is 45.5 Å². The Bertz CT molecular complexity index is 1300. The lowest BCUT2D eigenvalue weighted by atomic mass is 10.00. The first kappa shape index (κ1) is 26.3. The number of carbonyl (C=O) groups excluding carboxylic acids is 2. The number of thiazole rings is 1. The molecule has 36 heavy (non-hydrogen) atoms. The molecule has 2 aromatic carbocycles. The molecule has 3 aromatic rings. The number of carbonyl (C=O) groups is 2. The average molecular weight is 548 g/mol. The number of benzene rings is 2. The van der Waals surface area contributed by atoms with Crippen molar-refractivity contribution in [2.75, 3.05) is 32.2 Å². The minimum absolute atomic E-state index is 0.120. The van der Waals surface area contributed by atoms with Gasteiger partial charge in [0, 0.05) is 29.1 Å². The number of rotatable bonds is 6. The van der Waals surface area contributed by atoms with Crippen LogP contribution in [-0.2, 0) is 0 Å². The van der Waals surface area contributed by atoms with E-state index in [4.69, 9.17) is 32.7 Å². The van der Waals surface area contributed by atoms with E-state index in [0.29, 0.717) is 52.0 Å². The Morgan fingerprint density at radius 1 is 1.11 bits per heavy atom. The molecule has 1 aromatic heterocycles. The van der Waals surface area contributed by atoms with Crippen LogP contribution in [0.25, 0.3) is 0 Å². The number of likely N-dealkylation sites (tertiary alicyclic amines) is 1. The van der Waals surface area contributed by atoms with E-state index in [0.717, 1.165) is 17.7 Å². The zero-order valence-corrected chi connectivity index (χ0v) is 22.8. The number of anilines is 2. The molecule has 7 nitrogen and oxygen atoms in total. The molecule has 1 aliphatic rings. The van der Waals surface area contributed by atoms with Gasteiger partial charge in [0.05, 0.1) is 30.5 Å². The maximum absolute atomic E-state index is 13.9. The molecule has 1 saturated heterocycles. The van der Waals surface area contributed by atoms with Gasteiger partial charge < -0.3 is 14.4 Å². The fraction of sp³-hybridized carbons (Fsp3) is 0.346. The van der Waals surface area contributed by atoms with E-state index in [1.54, 1.807) is 30.3 Å². The van der Waals surface area contributed by atoms with Crippen LogP contribution >= 0.6 is 34.5 Å². The van der Waals surface area contributed by atoms with Crippen LogP contribution in [0, 0.1) is 12.8 Å². The van der Waals surface area contributed by atoms with Gasteiger partial charge in [-0.3, -0.25) is 14.5 Å². The predicted molar refractivity (Wildman–Crippen MR) is 144 cm³/mol. The van der Waals surface area contributed by atoms with Crippen LogP contribution in [-0.4, -0.2) is 49.0 Å². The summed E-state index contributed by atoms with van der Waals surface area (Å²) in [5.74, 6) is 0.873. The quantitative estimate of drug-likeness (QED) is 0.346. The van der Waals surface area contributed by atoms with Crippen molar-refractivity contribution < 1.29 is 19.1 Å². The molecular formula is C26H27Cl2N3O4S. The van der Waals surface area contributed by atoms with E-state index in [2.05, 4.69) is 11.9 Å². The highest BCUT2D eigenvalue weighted by atomic mass is 35.5. The van der Waals surface area contributed by atoms with E-state index in [1.807, 2.05) is 11.8 Å². The van der Waals surface area contributed by atoms with Crippen LogP contribution < -0.4 is 14.4 Å². The summed E-state index contributed by atoms with van der Waals surface area (Å²) in [6.45, 7) is 5.39. The number of piperidine rings is 1. The zero-order chi connectivity index (χ0) is 26.0. The Kier molecular flexibility index (Phi) is 8.07. The largest absolute Gasteiger partial charge is 0.493 e. The number of ether oxygens (including phenoxy) is 2. The van der Waals surface area contributed by atoms with Crippen molar-refractivity contribution in [3.63, 3.8) is 0 Å². The lowest BCUT2D eigenvalue weighted by Crippen LogP contribution is -2.39. The van der Waals surface area contributed by atoms with Gasteiger partial charge in [-0.05, 0) is 56.0 Å². The predicted octanol–water partition coefficient (Wildman–Crippen LogP) is 6.63. The van der Waals surface area contributed by atoms with Crippen molar-refractivity contribution in [3.05, 3.63) is 62.6 Å². The van der Waals surface area contributed by atoms with Crippen LogP contribution in [0.5, 0.6) is 11.5 Å². The van der Waals surface area contributed by atoms with Gasteiger partial charge in [-0.25, -0.2) is 4.98 Å². The summed E-state index contributed by atoms with van der Waals surface area (Å²) >= 11 is 13.7. The standard InChI is InChI=1S/C26H27Cl2N3O4S/c1-15-6-5-11-30(14-15)25(33)23-16(2)36-26(29-23)31(18-8-10-21(34-3)22(13-18)35-4)24(32)19-9-7-17(27)12-20(19)28/h7-10,12-13,15H,5-6,11,14H2,1-4H3. The lowest BCUT2D eigenvalue weighted by Gasteiger charge is -2.30. The molecule has 190 valence electrons. The Morgan fingerprint density at radius 3 is 2.53 bits per heavy atom. The summed E-state index contributed by atoms with van der Waals surface area (Å²) in [6, 6.07) is 9.82. The summed E-state index contributed by atoms with van der Waals surface area (Å²) in [6.07, 6.45) is 2.07. The minimum Gasteiger partial charge on any atom is -0.493 e. The number of hydrogen-bond acceptors (Lipinski definition) is 6. The molecule has 2 heterocycles. The van der Waals surface area contributed by atoms with Gasteiger partial charge in [-0.1, -0.05) is 30.1 Å². The molecule has 1 aliphatic heterocycles. The molecule has 10 heteroatoms. The summed E-state index contributed by atoms with van der Waals surface area (Å²) in [4.78, 5) is 35.9. The molecule has 1 atom stereocenters. The summed E-state index contributed by atoms with van der Waals surface area (Å²) < 4.78 is 10.8. The Balaban J connectivity index is 1.80. The van der Waals surface area contributed by atoms with Crippen LogP contribution in [0.2, 0.25) is 10.0 Å². The van der Waals surface area contributed by atoms with Crippen molar-refractivity contribution in [1.82, 2.24) is 9.88 Å². The van der Waals surface area contributed by atoms with Gasteiger partial charge in [0.15, 0.2) is 16.6 Å². The summed E-state index contributed by atoms with van der Waals surface area (Å²) in [5, 5.41) is 0.983. The number of nitrogens with zero attached hydrogens (tertiary/aromatic N) is 3. The van der Waals surface area contributed by atoms with Crippen molar-refractivity contribution in [1.29, 1.82) is 0 Å². The average Bonchev–Trinajstić information content (AvgIpc) is 3.24. The Labute approximate surface area is 224 Å². The van der Waals surface area contributed by atoms with Gasteiger partial charge in [-0.15, -0.1) is 11.3 Å². The summed E-state index contributed by atoms with van der Waals surface area (Å²) in [7, 11) is 3.06. The van der Waals surface area contributed by atoms with E-state index >= 15 is 0 Å². The van der Waals surface area contributed by atoms with Gasteiger partial charge in [-0.2, -0.15) is 0 Å².